The van der Waals surface area contributed by atoms with Gasteiger partial charge >= 0.3 is 5.97 Å². The van der Waals surface area contributed by atoms with Gasteiger partial charge < -0.3 is 5.11 Å². The number of carboxylic acids is 1. The number of carbonyl (C=O) groups is 1. The number of thioether (sulfide) groups is 1. The lowest BCUT2D eigenvalue weighted by Crippen LogP contribution is -2.05. The zero-order valence-corrected chi connectivity index (χ0v) is 12.1. The van der Waals surface area contributed by atoms with Crippen LogP contribution in [0.4, 0.5) is 0 Å². The zero-order chi connectivity index (χ0) is 14.0. The third kappa shape index (κ3) is 3.07. The molecule has 4 heteroatoms. The van der Waals surface area contributed by atoms with Crippen molar-refractivity contribution < 1.29 is 9.90 Å². The quantitative estimate of drug-likeness (QED) is 0.854. The summed E-state index contributed by atoms with van der Waals surface area (Å²) in [5.41, 5.74) is 1.04. The standard InChI is InChI=1S/C15H17NO2S/c1-9(2)10(3)19-14-8-7-11-12(15(17)18)5-4-6-13(11)16-14/h4-10H,1-3H3,(H,17,18). The van der Waals surface area contributed by atoms with Gasteiger partial charge in [-0.15, -0.1) is 11.8 Å². The van der Waals surface area contributed by atoms with Gasteiger partial charge in [0.15, 0.2) is 0 Å². The molecule has 1 unspecified atom stereocenters. The summed E-state index contributed by atoms with van der Waals surface area (Å²) in [5.74, 6) is -0.337. The van der Waals surface area contributed by atoms with Crippen LogP contribution in [-0.4, -0.2) is 21.3 Å². The van der Waals surface area contributed by atoms with Gasteiger partial charge in [0.25, 0.3) is 0 Å². The fraction of sp³-hybridized carbons (Fsp3) is 0.333. The highest BCUT2D eigenvalue weighted by molar-refractivity contribution is 7.99. The van der Waals surface area contributed by atoms with E-state index in [0.29, 0.717) is 22.1 Å². The lowest BCUT2D eigenvalue weighted by atomic mass is 10.1. The summed E-state index contributed by atoms with van der Waals surface area (Å²) in [6.07, 6.45) is 0. The molecular formula is C15H17NO2S. The number of pyridine rings is 1. The van der Waals surface area contributed by atoms with Gasteiger partial charge in [-0.3, -0.25) is 0 Å². The van der Waals surface area contributed by atoms with E-state index in [-0.39, 0.29) is 0 Å². The lowest BCUT2D eigenvalue weighted by Gasteiger charge is -2.14. The molecule has 2 aromatic rings. The molecule has 19 heavy (non-hydrogen) atoms. The third-order valence-electron chi connectivity index (χ3n) is 3.18. The van der Waals surface area contributed by atoms with Gasteiger partial charge in [-0.1, -0.05) is 26.8 Å². The number of hydrogen-bond acceptors (Lipinski definition) is 3. The van der Waals surface area contributed by atoms with Crippen LogP contribution in [0.15, 0.2) is 35.4 Å². The highest BCUT2D eigenvalue weighted by Crippen LogP contribution is 2.28. The third-order valence-corrected chi connectivity index (χ3v) is 4.57. The van der Waals surface area contributed by atoms with Crippen molar-refractivity contribution in [2.75, 3.05) is 0 Å². The molecular weight excluding hydrogens is 258 g/mol. The summed E-state index contributed by atoms with van der Waals surface area (Å²) < 4.78 is 0. The van der Waals surface area contributed by atoms with Crippen molar-refractivity contribution in [2.24, 2.45) is 5.92 Å². The molecule has 0 bridgehead atoms. The molecule has 1 heterocycles. The Bertz CT molecular complexity index is 610. The minimum Gasteiger partial charge on any atom is -0.478 e. The Hall–Kier alpha value is -1.55. The summed E-state index contributed by atoms with van der Waals surface area (Å²) in [6.45, 7) is 6.54. The zero-order valence-electron chi connectivity index (χ0n) is 11.3. The predicted octanol–water partition coefficient (Wildman–Crippen LogP) is 4.07. The summed E-state index contributed by atoms with van der Waals surface area (Å²) in [6, 6.07) is 8.94. The molecule has 0 aliphatic carbocycles. The number of aromatic nitrogens is 1. The van der Waals surface area contributed by atoms with Crippen LogP contribution in [0.5, 0.6) is 0 Å². The van der Waals surface area contributed by atoms with Crippen molar-refractivity contribution in [1.29, 1.82) is 0 Å². The molecule has 0 amide bonds. The fourth-order valence-electron chi connectivity index (χ4n) is 1.71. The van der Waals surface area contributed by atoms with Crippen molar-refractivity contribution >= 4 is 28.6 Å². The Morgan fingerprint density at radius 2 is 1.95 bits per heavy atom. The monoisotopic (exact) mass is 275 g/mol. The van der Waals surface area contributed by atoms with E-state index in [4.69, 9.17) is 5.11 Å². The van der Waals surface area contributed by atoms with E-state index >= 15 is 0 Å². The van der Waals surface area contributed by atoms with Crippen LogP contribution in [0, 0.1) is 5.92 Å². The van der Waals surface area contributed by atoms with Crippen LogP contribution >= 0.6 is 11.8 Å². The molecule has 1 atom stereocenters. The molecule has 2 rings (SSSR count). The molecule has 1 aromatic carbocycles. The van der Waals surface area contributed by atoms with Crippen molar-refractivity contribution in [3.63, 3.8) is 0 Å². The molecule has 100 valence electrons. The van der Waals surface area contributed by atoms with E-state index in [2.05, 4.69) is 25.8 Å². The number of aromatic carboxylic acids is 1. The second-order valence-corrected chi connectivity index (χ2v) is 6.29. The van der Waals surface area contributed by atoms with Crippen LogP contribution in [-0.2, 0) is 0 Å². The van der Waals surface area contributed by atoms with Crippen molar-refractivity contribution in [3.8, 4) is 0 Å². The van der Waals surface area contributed by atoms with E-state index < -0.39 is 5.97 Å². The van der Waals surface area contributed by atoms with Crippen LogP contribution in [0.25, 0.3) is 10.9 Å². The van der Waals surface area contributed by atoms with Gasteiger partial charge in [0.1, 0.15) is 0 Å². The maximum Gasteiger partial charge on any atom is 0.336 e. The fourth-order valence-corrected chi connectivity index (χ4v) is 2.67. The van der Waals surface area contributed by atoms with E-state index in [0.717, 1.165) is 10.5 Å². The van der Waals surface area contributed by atoms with Gasteiger partial charge in [0, 0.05) is 10.6 Å². The summed E-state index contributed by atoms with van der Waals surface area (Å²) in [5, 5.41) is 11.2. The van der Waals surface area contributed by atoms with Crippen LogP contribution in [0.1, 0.15) is 31.1 Å². The predicted molar refractivity (Wildman–Crippen MR) is 78.9 cm³/mol. The maximum absolute atomic E-state index is 11.1. The van der Waals surface area contributed by atoms with Gasteiger partial charge in [-0.2, -0.15) is 0 Å². The Morgan fingerprint density at radius 1 is 1.21 bits per heavy atom. The van der Waals surface area contributed by atoms with Gasteiger partial charge in [0.2, 0.25) is 0 Å². The first-order chi connectivity index (χ1) is 8.99. The Balaban J connectivity index is 2.39. The minimum absolute atomic E-state index is 0.304. The van der Waals surface area contributed by atoms with Crippen LogP contribution < -0.4 is 0 Å². The number of nitrogens with zero attached hydrogens (tertiary/aromatic N) is 1. The molecule has 0 aliphatic rings. The Labute approximate surface area is 117 Å². The van der Waals surface area contributed by atoms with Gasteiger partial charge in [0.05, 0.1) is 16.1 Å². The second-order valence-electron chi connectivity index (χ2n) is 4.89. The van der Waals surface area contributed by atoms with E-state index in [1.807, 2.05) is 18.2 Å². The first-order valence-corrected chi connectivity index (χ1v) is 7.16. The van der Waals surface area contributed by atoms with Gasteiger partial charge in [-0.25, -0.2) is 9.78 Å². The van der Waals surface area contributed by atoms with E-state index in [9.17, 15) is 4.79 Å². The number of rotatable bonds is 4. The molecule has 0 saturated heterocycles. The average Bonchev–Trinajstić information content (AvgIpc) is 2.37. The van der Waals surface area contributed by atoms with Crippen molar-refractivity contribution in [2.45, 2.75) is 31.0 Å². The number of fused-ring (bicyclic) bond motifs is 1. The smallest absolute Gasteiger partial charge is 0.336 e. The first-order valence-electron chi connectivity index (χ1n) is 6.28. The van der Waals surface area contributed by atoms with E-state index in [1.54, 1.807) is 23.9 Å². The maximum atomic E-state index is 11.1. The topological polar surface area (TPSA) is 50.2 Å². The van der Waals surface area contributed by atoms with Crippen LogP contribution in [0.2, 0.25) is 0 Å². The normalized spacial score (nSPS) is 12.8. The summed E-state index contributed by atoms with van der Waals surface area (Å²) in [7, 11) is 0. The van der Waals surface area contributed by atoms with Gasteiger partial charge in [-0.05, 0) is 30.2 Å². The summed E-state index contributed by atoms with van der Waals surface area (Å²) >= 11 is 1.72. The molecule has 0 aliphatic heterocycles. The SMILES string of the molecule is CC(C)C(C)Sc1ccc2c(C(=O)O)cccc2n1. The molecule has 0 fully saturated rings. The molecule has 0 radical (unpaired) electrons. The number of hydrogen-bond donors (Lipinski definition) is 1. The highest BCUT2D eigenvalue weighted by Gasteiger charge is 2.12. The lowest BCUT2D eigenvalue weighted by molar-refractivity contribution is 0.0699. The van der Waals surface area contributed by atoms with Crippen LogP contribution in [0.3, 0.4) is 0 Å². The average molecular weight is 275 g/mol. The molecule has 0 saturated carbocycles. The highest BCUT2D eigenvalue weighted by atomic mass is 32.2. The van der Waals surface area contributed by atoms with Crippen molar-refractivity contribution in [1.82, 2.24) is 4.98 Å². The minimum atomic E-state index is -0.914. The summed E-state index contributed by atoms with van der Waals surface area (Å²) in [4.78, 5) is 15.7. The van der Waals surface area contributed by atoms with E-state index in [1.165, 1.54) is 0 Å². The van der Waals surface area contributed by atoms with Crippen molar-refractivity contribution in [3.05, 3.63) is 35.9 Å². The number of benzene rings is 1. The first kappa shape index (κ1) is 13.9. The number of carboxylic acid groups (broad SMARTS) is 1. The molecule has 0 spiro atoms. The molecule has 3 nitrogen and oxygen atoms in total. The Kier molecular flexibility index (Phi) is 4.10. The molecule has 1 N–H and O–H groups in total. The Morgan fingerprint density at radius 3 is 2.58 bits per heavy atom. The molecule has 1 aromatic heterocycles. The largest absolute Gasteiger partial charge is 0.478 e. The second kappa shape index (κ2) is 5.61.